The van der Waals surface area contributed by atoms with E-state index in [2.05, 4.69) is 15.1 Å². The zero-order valence-electron chi connectivity index (χ0n) is 19.1. The normalized spacial score (nSPS) is 12.6. The number of nitroso groups, excluding NO2 is 1. The average Bonchev–Trinajstić information content (AvgIpc) is 2.86. The number of carboxylic acid groups (broad SMARTS) is 1. The molecular formula is C28H25N3O3. The van der Waals surface area contributed by atoms with Crippen molar-refractivity contribution in [3.8, 4) is 11.1 Å². The Balaban J connectivity index is 1.68. The number of nitrogens with zero attached hydrogens (tertiary/aromatic N) is 3. The average molecular weight is 452 g/mol. The number of rotatable bonds is 8. The fourth-order valence-corrected chi connectivity index (χ4v) is 4.22. The number of hydrogen-bond acceptors (Lipinski definition) is 5. The second-order valence-corrected chi connectivity index (χ2v) is 8.35. The SMILES string of the molecule is Cc1cc(C(CC(c2ccc(-c3ccc(C(=O)O)cc3)cc2)c2ncccc2C)N=O)ccn1. The molecule has 0 amide bonds. The van der Waals surface area contributed by atoms with Crippen molar-refractivity contribution in [1.29, 1.82) is 0 Å². The van der Waals surface area contributed by atoms with Gasteiger partial charge < -0.3 is 5.11 Å². The summed E-state index contributed by atoms with van der Waals surface area (Å²) in [5, 5.41) is 12.6. The van der Waals surface area contributed by atoms with Gasteiger partial charge in [0.15, 0.2) is 0 Å². The zero-order valence-corrected chi connectivity index (χ0v) is 19.1. The molecule has 0 fully saturated rings. The first-order valence-corrected chi connectivity index (χ1v) is 11.1. The van der Waals surface area contributed by atoms with E-state index in [0.29, 0.717) is 6.42 Å². The van der Waals surface area contributed by atoms with E-state index in [1.807, 2.05) is 62.4 Å². The monoisotopic (exact) mass is 451 g/mol. The standard InChI is InChI=1S/C28H25N3O3/c1-18-4-3-14-30-27(18)25(17-26(31-34)24-13-15-29-19(2)16-24)22-9-5-20(6-10-22)21-7-11-23(12-8-21)28(32)33/h3-16,25-26H,17H2,1-2H3,(H,32,33). The molecule has 170 valence electrons. The zero-order chi connectivity index (χ0) is 24.1. The van der Waals surface area contributed by atoms with Gasteiger partial charge in [-0.2, -0.15) is 4.91 Å². The first-order chi connectivity index (χ1) is 16.5. The van der Waals surface area contributed by atoms with Gasteiger partial charge in [0.05, 0.1) is 11.3 Å². The summed E-state index contributed by atoms with van der Waals surface area (Å²) in [6, 6.07) is 22.0. The van der Waals surface area contributed by atoms with E-state index in [0.717, 1.165) is 39.2 Å². The molecule has 4 rings (SSSR count). The lowest BCUT2D eigenvalue weighted by Crippen LogP contribution is -2.10. The quantitative estimate of drug-likeness (QED) is 0.309. The van der Waals surface area contributed by atoms with Crippen molar-refractivity contribution in [3.63, 3.8) is 0 Å². The van der Waals surface area contributed by atoms with Gasteiger partial charge in [0.1, 0.15) is 6.04 Å². The number of hydrogen-bond donors (Lipinski definition) is 1. The molecule has 0 aliphatic rings. The summed E-state index contributed by atoms with van der Waals surface area (Å²) >= 11 is 0. The Morgan fingerprint density at radius 2 is 1.56 bits per heavy atom. The van der Waals surface area contributed by atoms with Gasteiger partial charge in [-0.25, -0.2) is 4.79 Å². The van der Waals surface area contributed by atoms with Crippen molar-refractivity contribution in [1.82, 2.24) is 9.97 Å². The van der Waals surface area contributed by atoms with E-state index in [1.165, 1.54) is 0 Å². The van der Waals surface area contributed by atoms with E-state index < -0.39 is 12.0 Å². The Bertz CT molecular complexity index is 1300. The van der Waals surface area contributed by atoms with Crippen molar-refractivity contribution in [2.45, 2.75) is 32.2 Å². The molecule has 2 aromatic heterocycles. The van der Waals surface area contributed by atoms with Crippen LogP contribution in [0.25, 0.3) is 11.1 Å². The van der Waals surface area contributed by atoms with Gasteiger partial charge in [-0.1, -0.05) is 47.6 Å². The Hall–Kier alpha value is -4.19. The maximum Gasteiger partial charge on any atom is 0.335 e. The summed E-state index contributed by atoms with van der Waals surface area (Å²) in [6.45, 7) is 3.92. The minimum Gasteiger partial charge on any atom is -0.478 e. The summed E-state index contributed by atoms with van der Waals surface area (Å²) in [7, 11) is 0. The number of aromatic carboxylic acids is 1. The molecule has 0 aliphatic heterocycles. The lowest BCUT2D eigenvalue weighted by atomic mass is 9.85. The molecule has 0 bridgehead atoms. The lowest BCUT2D eigenvalue weighted by Gasteiger charge is -2.22. The third kappa shape index (κ3) is 5.07. The number of aryl methyl sites for hydroxylation is 2. The van der Waals surface area contributed by atoms with Crippen molar-refractivity contribution < 1.29 is 9.90 Å². The highest BCUT2D eigenvalue weighted by atomic mass is 16.4. The molecular weight excluding hydrogens is 426 g/mol. The maximum atomic E-state index is 11.9. The van der Waals surface area contributed by atoms with Crippen molar-refractivity contribution in [2.24, 2.45) is 5.18 Å². The number of aromatic nitrogens is 2. The van der Waals surface area contributed by atoms with Crippen LogP contribution in [0.2, 0.25) is 0 Å². The smallest absolute Gasteiger partial charge is 0.335 e. The van der Waals surface area contributed by atoms with E-state index in [9.17, 15) is 9.70 Å². The minimum atomic E-state index is -0.946. The molecule has 0 saturated heterocycles. The van der Waals surface area contributed by atoms with E-state index >= 15 is 0 Å². The molecule has 1 N–H and O–H groups in total. The Morgan fingerprint density at radius 3 is 2.15 bits per heavy atom. The molecule has 0 radical (unpaired) electrons. The number of carbonyl (C=O) groups is 1. The molecule has 2 heterocycles. The largest absolute Gasteiger partial charge is 0.478 e. The summed E-state index contributed by atoms with van der Waals surface area (Å²) < 4.78 is 0. The Labute approximate surface area is 198 Å². The Morgan fingerprint density at radius 1 is 0.882 bits per heavy atom. The second kappa shape index (κ2) is 10.2. The van der Waals surface area contributed by atoms with Crippen LogP contribution in [0.3, 0.4) is 0 Å². The number of pyridine rings is 2. The van der Waals surface area contributed by atoms with Crippen LogP contribution in [0.15, 0.2) is 90.4 Å². The number of benzene rings is 2. The summed E-state index contributed by atoms with van der Waals surface area (Å²) in [4.78, 5) is 31.9. The minimum absolute atomic E-state index is 0.124. The molecule has 0 aliphatic carbocycles. The van der Waals surface area contributed by atoms with Crippen LogP contribution in [0.5, 0.6) is 0 Å². The van der Waals surface area contributed by atoms with Gasteiger partial charge in [-0.15, -0.1) is 0 Å². The van der Waals surface area contributed by atoms with Crippen LogP contribution in [0.1, 0.15) is 56.8 Å². The van der Waals surface area contributed by atoms with Crippen molar-refractivity contribution >= 4 is 5.97 Å². The second-order valence-electron chi connectivity index (χ2n) is 8.35. The lowest BCUT2D eigenvalue weighted by molar-refractivity contribution is 0.0697. The Kier molecular flexibility index (Phi) is 6.87. The van der Waals surface area contributed by atoms with Crippen LogP contribution in [0, 0.1) is 18.8 Å². The molecule has 4 aromatic rings. The summed E-state index contributed by atoms with van der Waals surface area (Å²) in [5.41, 5.74) is 6.86. The van der Waals surface area contributed by atoms with Gasteiger partial charge in [-0.05, 0) is 78.4 Å². The summed E-state index contributed by atoms with van der Waals surface area (Å²) in [5.74, 6) is -1.07. The highest BCUT2D eigenvalue weighted by molar-refractivity contribution is 5.88. The molecule has 6 nitrogen and oxygen atoms in total. The predicted molar refractivity (Wildman–Crippen MR) is 132 cm³/mol. The molecule has 0 saturated carbocycles. The third-order valence-corrected chi connectivity index (χ3v) is 6.05. The van der Waals surface area contributed by atoms with E-state index in [-0.39, 0.29) is 11.5 Å². The molecule has 2 atom stereocenters. The van der Waals surface area contributed by atoms with Gasteiger partial charge in [-0.3, -0.25) is 9.97 Å². The maximum absolute atomic E-state index is 11.9. The molecule has 34 heavy (non-hydrogen) atoms. The molecule has 0 spiro atoms. The molecule has 2 unspecified atom stereocenters. The van der Waals surface area contributed by atoms with E-state index in [1.54, 1.807) is 36.7 Å². The fraction of sp³-hybridized carbons (Fsp3) is 0.179. The van der Waals surface area contributed by atoms with E-state index in [4.69, 9.17) is 5.11 Å². The van der Waals surface area contributed by atoms with Crippen molar-refractivity contribution in [3.05, 3.63) is 124 Å². The van der Waals surface area contributed by atoms with Gasteiger partial charge in [0.2, 0.25) is 0 Å². The van der Waals surface area contributed by atoms with Crippen LogP contribution in [-0.4, -0.2) is 21.0 Å². The van der Waals surface area contributed by atoms with Gasteiger partial charge in [0.25, 0.3) is 0 Å². The van der Waals surface area contributed by atoms with Crippen molar-refractivity contribution in [2.75, 3.05) is 0 Å². The first-order valence-electron chi connectivity index (χ1n) is 11.1. The fourth-order valence-electron chi connectivity index (χ4n) is 4.22. The third-order valence-electron chi connectivity index (χ3n) is 6.05. The highest BCUT2D eigenvalue weighted by Crippen LogP contribution is 2.37. The molecule has 2 aromatic carbocycles. The van der Waals surface area contributed by atoms with Crippen LogP contribution in [-0.2, 0) is 0 Å². The van der Waals surface area contributed by atoms with Gasteiger partial charge >= 0.3 is 5.97 Å². The van der Waals surface area contributed by atoms with Crippen LogP contribution in [0.4, 0.5) is 0 Å². The number of carboxylic acids is 1. The predicted octanol–water partition coefficient (Wildman–Crippen LogP) is 6.49. The topological polar surface area (TPSA) is 92.5 Å². The summed E-state index contributed by atoms with van der Waals surface area (Å²) in [6.07, 6.45) is 3.96. The molecule has 6 heteroatoms. The van der Waals surface area contributed by atoms with Crippen LogP contribution >= 0.6 is 0 Å². The van der Waals surface area contributed by atoms with Gasteiger partial charge in [0, 0.05) is 24.0 Å². The highest BCUT2D eigenvalue weighted by Gasteiger charge is 2.24. The van der Waals surface area contributed by atoms with Crippen LogP contribution < -0.4 is 0 Å². The first kappa shape index (κ1) is 23.0.